The molecule has 0 saturated carbocycles. The normalized spacial score (nSPS) is 8.45. The molecule has 54 valence electrons. The van der Waals surface area contributed by atoms with Crippen molar-refractivity contribution in [1.29, 1.82) is 0 Å². The summed E-state index contributed by atoms with van der Waals surface area (Å²) in [6.45, 7) is 0. The van der Waals surface area contributed by atoms with E-state index in [9.17, 15) is 10.1 Å². The average Bonchev–Trinajstić information content (AvgIpc) is 1.88. The zero-order valence-corrected chi connectivity index (χ0v) is 5.91. The third-order valence-corrected chi connectivity index (χ3v) is 1.36. The third kappa shape index (κ3) is 3.25. The third-order valence-electron chi connectivity index (χ3n) is 1.06. The van der Waals surface area contributed by atoms with Gasteiger partial charge >= 0.3 is 29.6 Å². The second kappa shape index (κ2) is 4.77. The van der Waals surface area contributed by atoms with Crippen LogP contribution in [0.5, 0.6) is 0 Å². The van der Waals surface area contributed by atoms with Gasteiger partial charge in [0, 0.05) is 17.0 Å². The fourth-order valence-corrected chi connectivity index (χ4v) is 0.723. The predicted octanol–water partition coefficient (Wildman–Crippen LogP) is 1.23. The van der Waals surface area contributed by atoms with Crippen molar-refractivity contribution < 1.29 is 4.92 Å². The van der Waals surface area contributed by atoms with Crippen LogP contribution in [0.25, 0.3) is 0 Å². The molecule has 0 saturated heterocycles. The summed E-state index contributed by atoms with van der Waals surface area (Å²) in [6, 6.07) is 6.01. The van der Waals surface area contributed by atoms with Gasteiger partial charge in [0.2, 0.25) is 0 Å². The zero-order valence-electron chi connectivity index (χ0n) is 5.02. The van der Waals surface area contributed by atoms with Crippen LogP contribution in [0.1, 0.15) is 0 Å². The van der Waals surface area contributed by atoms with Gasteiger partial charge in [0.15, 0.2) is 0 Å². The first-order valence-corrected chi connectivity index (χ1v) is 3.08. The van der Waals surface area contributed by atoms with Crippen molar-refractivity contribution in [3.8, 4) is 0 Å². The second-order valence-electron chi connectivity index (χ2n) is 1.77. The van der Waals surface area contributed by atoms with Crippen molar-refractivity contribution in [2.45, 2.75) is 4.90 Å². The molecule has 1 aromatic carbocycles. The van der Waals surface area contributed by atoms with Crippen LogP contribution in [0.15, 0.2) is 29.2 Å². The molecule has 0 aliphatic carbocycles. The number of nitro benzene ring substituents is 1. The van der Waals surface area contributed by atoms with Gasteiger partial charge in [-0.3, -0.25) is 10.1 Å². The molecule has 1 aromatic rings. The van der Waals surface area contributed by atoms with Crippen LogP contribution in [-0.4, -0.2) is 34.5 Å². The minimum atomic E-state index is -0.437. The number of hydrogen-bond acceptors (Lipinski definition) is 3. The van der Waals surface area contributed by atoms with Gasteiger partial charge in [0.05, 0.1) is 4.92 Å². The van der Waals surface area contributed by atoms with E-state index < -0.39 is 4.92 Å². The molecule has 0 bridgehead atoms. The molecule has 3 nitrogen and oxygen atoms in total. The number of thiol groups is 1. The fraction of sp³-hybridized carbons (Fsp3) is 0. The van der Waals surface area contributed by atoms with Gasteiger partial charge in [-0.1, -0.05) is 0 Å². The van der Waals surface area contributed by atoms with E-state index in [4.69, 9.17) is 0 Å². The maximum atomic E-state index is 10.1. The van der Waals surface area contributed by atoms with E-state index in [1.807, 2.05) is 0 Å². The maximum absolute atomic E-state index is 10.1. The monoisotopic (exact) mass is 179 g/mol. The Morgan fingerprint density at radius 1 is 1.27 bits per heavy atom. The zero-order chi connectivity index (χ0) is 7.56. The summed E-state index contributed by atoms with van der Waals surface area (Å²) in [5.74, 6) is 0. The van der Waals surface area contributed by atoms with E-state index in [2.05, 4.69) is 12.6 Å². The SMILES string of the molecule is O=[N+]([O-])c1ccc(S)cc1.[NaH]. The summed E-state index contributed by atoms with van der Waals surface area (Å²) in [5.41, 5.74) is 0.0952. The number of non-ortho nitro benzene ring substituents is 1. The van der Waals surface area contributed by atoms with E-state index in [0.717, 1.165) is 4.90 Å². The number of rotatable bonds is 1. The Hall–Kier alpha value is -0.0300. The van der Waals surface area contributed by atoms with Crippen molar-refractivity contribution in [2.24, 2.45) is 0 Å². The predicted molar refractivity (Wildman–Crippen MR) is 47.5 cm³/mol. The van der Waals surface area contributed by atoms with Gasteiger partial charge in [-0.2, -0.15) is 0 Å². The summed E-state index contributed by atoms with van der Waals surface area (Å²) in [5, 5.41) is 10.1. The molecule has 0 N–H and O–H groups in total. The first-order valence-electron chi connectivity index (χ1n) is 2.63. The molecule has 0 spiro atoms. The summed E-state index contributed by atoms with van der Waals surface area (Å²) in [7, 11) is 0. The van der Waals surface area contributed by atoms with Crippen LogP contribution in [0.4, 0.5) is 5.69 Å². The van der Waals surface area contributed by atoms with Crippen molar-refractivity contribution in [2.75, 3.05) is 0 Å². The van der Waals surface area contributed by atoms with E-state index in [0.29, 0.717) is 0 Å². The number of nitro groups is 1. The van der Waals surface area contributed by atoms with Gasteiger partial charge in [-0.25, -0.2) is 0 Å². The Bertz CT molecular complexity index is 249. The molecule has 0 atom stereocenters. The van der Waals surface area contributed by atoms with Crippen LogP contribution in [0.3, 0.4) is 0 Å². The number of nitrogens with zero attached hydrogens (tertiary/aromatic N) is 1. The van der Waals surface area contributed by atoms with Crippen molar-refractivity contribution in [3.63, 3.8) is 0 Å². The molecule has 0 aliphatic heterocycles. The summed E-state index contributed by atoms with van der Waals surface area (Å²) >= 11 is 3.98. The fourth-order valence-electron chi connectivity index (χ4n) is 0.574. The first-order chi connectivity index (χ1) is 4.70. The minimum absolute atomic E-state index is 0. The Balaban J connectivity index is 0.000001000. The molecule has 0 aliphatic rings. The Morgan fingerprint density at radius 3 is 2.09 bits per heavy atom. The Labute approximate surface area is 91.7 Å². The number of benzene rings is 1. The van der Waals surface area contributed by atoms with Crippen molar-refractivity contribution in [1.82, 2.24) is 0 Å². The summed E-state index contributed by atoms with van der Waals surface area (Å²) < 4.78 is 0. The number of hydrogen-bond donors (Lipinski definition) is 1. The molecule has 11 heavy (non-hydrogen) atoms. The Morgan fingerprint density at radius 2 is 1.73 bits per heavy atom. The second-order valence-corrected chi connectivity index (χ2v) is 2.29. The van der Waals surface area contributed by atoms with Gasteiger partial charge in [-0.15, -0.1) is 12.6 Å². The van der Waals surface area contributed by atoms with E-state index >= 15 is 0 Å². The van der Waals surface area contributed by atoms with Crippen LogP contribution < -0.4 is 0 Å². The molecular formula is C6H6NNaO2S. The molecule has 5 heteroatoms. The molecular weight excluding hydrogens is 173 g/mol. The molecule has 0 aromatic heterocycles. The van der Waals surface area contributed by atoms with E-state index in [1.54, 1.807) is 12.1 Å². The van der Waals surface area contributed by atoms with Gasteiger partial charge in [-0.05, 0) is 12.1 Å². The van der Waals surface area contributed by atoms with Crippen LogP contribution >= 0.6 is 12.6 Å². The van der Waals surface area contributed by atoms with Gasteiger partial charge < -0.3 is 0 Å². The van der Waals surface area contributed by atoms with Crippen LogP contribution in [-0.2, 0) is 0 Å². The van der Waals surface area contributed by atoms with E-state index in [1.165, 1.54) is 12.1 Å². The molecule has 0 radical (unpaired) electrons. The average molecular weight is 179 g/mol. The van der Waals surface area contributed by atoms with Gasteiger partial charge in [0.25, 0.3) is 5.69 Å². The van der Waals surface area contributed by atoms with Crippen molar-refractivity contribution >= 4 is 47.9 Å². The van der Waals surface area contributed by atoms with Crippen LogP contribution in [0.2, 0.25) is 0 Å². The molecule has 0 heterocycles. The summed E-state index contributed by atoms with van der Waals surface area (Å²) in [4.78, 5) is 10.4. The van der Waals surface area contributed by atoms with Gasteiger partial charge in [0.1, 0.15) is 0 Å². The molecule has 0 unspecified atom stereocenters. The summed E-state index contributed by atoms with van der Waals surface area (Å²) in [6.07, 6.45) is 0. The topological polar surface area (TPSA) is 43.1 Å². The van der Waals surface area contributed by atoms with Crippen LogP contribution in [0, 0.1) is 10.1 Å². The van der Waals surface area contributed by atoms with E-state index in [-0.39, 0.29) is 35.2 Å². The Kier molecular flexibility index (Phi) is 4.76. The first kappa shape index (κ1) is 11.0. The molecule has 0 amide bonds. The molecule has 1 rings (SSSR count). The standard InChI is InChI=1S/C6H5NO2S.Na.H/c8-7(9)5-1-3-6(10)4-2-5;;/h1-4,10H;;. The van der Waals surface area contributed by atoms with Crippen molar-refractivity contribution in [3.05, 3.63) is 34.4 Å². The quantitative estimate of drug-likeness (QED) is 0.305. The molecule has 0 fully saturated rings.